The van der Waals surface area contributed by atoms with Gasteiger partial charge in [-0.2, -0.15) is 0 Å². The third-order valence-electron chi connectivity index (χ3n) is 4.32. The Bertz CT molecular complexity index is 688. The molecule has 0 saturated heterocycles. The van der Waals surface area contributed by atoms with E-state index in [-0.39, 0.29) is 30.2 Å². The quantitative estimate of drug-likeness (QED) is 0.841. The van der Waals surface area contributed by atoms with Gasteiger partial charge in [-0.25, -0.2) is 9.37 Å². The fraction of sp³-hybridized carbons (Fsp3) is 0.412. The first-order valence-electron chi connectivity index (χ1n) is 7.88. The van der Waals surface area contributed by atoms with E-state index in [0.29, 0.717) is 18.2 Å². The summed E-state index contributed by atoms with van der Waals surface area (Å²) in [6.07, 6.45) is 4.40. The van der Waals surface area contributed by atoms with Gasteiger partial charge in [-0.15, -0.1) is 23.7 Å². The molecule has 0 bridgehead atoms. The Morgan fingerprint density at radius 2 is 2.17 bits per heavy atom. The first kappa shape index (κ1) is 18.8. The largest absolute Gasteiger partial charge is 0.344 e. The van der Waals surface area contributed by atoms with Crippen LogP contribution in [0.2, 0.25) is 0 Å². The fourth-order valence-corrected chi connectivity index (χ4v) is 3.84. The maximum Gasteiger partial charge on any atom is 0.271 e. The van der Waals surface area contributed by atoms with Crippen LogP contribution >= 0.6 is 23.7 Å². The zero-order valence-electron chi connectivity index (χ0n) is 13.2. The number of nitrogens with zero attached hydrogens (tertiary/aromatic N) is 1. The lowest BCUT2D eigenvalue weighted by atomic mass is 9.91. The number of halogens is 2. The van der Waals surface area contributed by atoms with Crippen LogP contribution in [-0.4, -0.2) is 10.9 Å². The van der Waals surface area contributed by atoms with Crippen molar-refractivity contribution >= 4 is 29.7 Å². The Kier molecular flexibility index (Phi) is 6.71. The summed E-state index contributed by atoms with van der Waals surface area (Å²) in [5.74, 6) is -0.158. The zero-order valence-corrected chi connectivity index (χ0v) is 14.8. The smallest absolute Gasteiger partial charge is 0.271 e. The maximum atomic E-state index is 13.6. The van der Waals surface area contributed by atoms with Crippen molar-refractivity contribution in [3.05, 3.63) is 51.7 Å². The molecule has 7 heteroatoms. The summed E-state index contributed by atoms with van der Waals surface area (Å²) in [4.78, 5) is 16.7. The standard InChI is InChI=1S/C17H20FN3OS.ClH/c18-13-7-3-6-12(8-13)16(11-4-1-2-5-11)21-17(22)14-10-23-15(9-19)20-14;/h3,6-8,10-11,16H,1-2,4-5,9,19H2,(H,21,22);1H. The molecule has 0 radical (unpaired) electrons. The second-order valence-electron chi connectivity index (χ2n) is 5.88. The van der Waals surface area contributed by atoms with Crippen molar-refractivity contribution in [3.63, 3.8) is 0 Å². The average molecular weight is 370 g/mol. The second kappa shape index (κ2) is 8.55. The average Bonchev–Trinajstić information content (AvgIpc) is 3.23. The lowest BCUT2D eigenvalue weighted by Gasteiger charge is -2.25. The van der Waals surface area contributed by atoms with Crippen molar-refractivity contribution in [2.24, 2.45) is 11.7 Å². The number of carbonyl (C=O) groups is 1. The lowest BCUT2D eigenvalue weighted by Crippen LogP contribution is -2.33. The summed E-state index contributed by atoms with van der Waals surface area (Å²) in [5, 5.41) is 5.51. The van der Waals surface area contributed by atoms with Gasteiger partial charge in [0.05, 0.1) is 6.04 Å². The molecule has 0 spiro atoms. The van der Waals surface area contributed by atoms with Gasteiger partial charge in [-0.3, -0.25) is 4.79 Å². The molecule has 1 heterocycles. The van der Waals surface area contributed by atoms with Crippen LogP contribution in [0.15, 0.2) is 29.6 Å². The van der Waals surface area contributed by atoms with E-state index in [0.717, 1.165) is 36.3 Å². The number of nitrogens with two attached hydrogens (primary N) is 1. The van der Waals surface area contributed by atoms with Gasteiger partial charge >= 0.3 is 0 Å². The molecule has 1 aromatic carbocycles. The van der Waals surface area contributed by atoms with Gasteiger partial charge < -0.3 is 11.1 Å². The van der Waals surface area contributed by atoms with Crippen LogP contribution in [0, 0.1) is 11.7 Å². The minimum absolute atomic E-state index is 0. The molecule has 1 aliphatic carbocycles. The van der Waals surface area contributed by atoms with Gasteiger partial charge in [0, 0.05) is 11.9 Å². The Hall–Kier alpha value is -1.50. The molecule has 1 unspecified atom stereocenters. The van der Waals surface area contributed by atoms with Crippen LogP contribution < -0.4 is 11.1 Å². The molecular formula is C17H21ClFN3OS. The van der Waals surface area contributed by atoms with Crippen molar-refractivity contribution in [1.29, 1.82) is 0 Å². The van der Waals surface area contributed by atoms with Gasteiger partial charge in [0.1, 0.15) is 16.5 Å². The molecule has 1 saturated carbocycles. The predicted octanol–water partition coefficient (Wildman–Crippen LogP) is 3.82. The molecule has 3 N–H and O–H groups in total. The Morgan fingerprint density at radius 1 is 1.42 bits per heavy atom. The Morgan fingerprint density at radius 3 is 2.79 bits per heavy atom. The monoisotopic (exact) mass is 369 g/mol. The predicted molar refractivity (Wildman–Crippen MR) is 95.8 cm³/mol. The molecule has 1 atom stereocenters. The topological polar surface area (TPSA) is 68.0 Å². The van der Waals surface area contributed by atoms with Crippen LogP contribution in [0.1, 0.15) is 52.8 Å². The summed E-state index contributed by atoms with van der Waals surface area (Å²) in [6.45, 7) is 0.327. The third-order valence-corrected chi connectivity index (χ3v) is 5.20. The maximum absolute atomic E-state index is 13.6. The summed E-state index contributed by atoms with van der Waals surface area (Å²) in [7, 11) is 0. The highest BCUT2D eigenvalue weighted by atomic mass is 35.5. The van der Waals surface area contributed by atoms with Crippen molar-refractivity contribution < 1.29 is 9.18 Å². The van der Waals surface area contributed by atoms with Crippen molar-refractivity contribution in [1.82, 2.24) is 10.3 Å². The van der Waals surface area contributed by atoms with E-state index < -0.39 is 0 Å². The highest BCUT2D eigenvalue weighted by Crippen LogP contribution is 2.36. The van der Waals surface area contributed by atoms with E-state index >= 15 is 0 Å². The first-order valence-corrected chi connectivity index (χ1v) is 8.76. The van der Waals surface area contributed by atoms with Gasteiger partial charge in [0.25, 0.3) is 5.91 Å². The van der Waals surface area contributed by atoms with Crippen molar-refractivity contribution in [2.75, 3.05) is 0 Å². The minimum Gasteiger partial charge on any atom is -0.344 e. The number of benzene rings is 1. The van der Waals surface area contributed by atoms with Crippen LogP contribution in [0.4, 0.5) is 4.39 Å². The number of carbonyl (C=O) groups excluding carboxylic acids is 1. The summed E-state index contributed by atoms with van der Waals surface area (Å²) in [5.41, 5.74) is 6.75. The molecule has 3 rings (SSSR count). The summed E-state index contributed by atoms with van der Waals surface area (Å²) >= 11 is 1.38. The number of hydrogen-bond donors (Lipinski definition) is 2. The number of rotatable bonds is 5. The zero-order chi connectivity index (χ0) is 16.2. The van der Waals surface area contributed by atoms with Gasteiger partial charge in [0.2, 0.25) is 0 Å². The minimum atomic E-state index is -0.279. The number of hydrogen-bond acceptors (Lipinski definition) is 4. The van der Waals surface area contributed by atoms with E-state index in [1.54, 1.807) is 11.4 Å². The van der Waals surface area contributed by atoms with Crippen LogP contribution in [0.5, 0.6) is 0 Å². The van der Waals surface area contributed by atoms with Gasteiger partial charge in [-0.05, 0) is 36.5 Å². The number of nitrogens with one attached hydrogen (secondary N) is 1. The highest BCUT2D eigenvalue weighted by molar-refractivity contribution is 7.09. The van der Waals surface area contributed by atoms with Crippen LogP contribution in [-0.2, 0) is 6.54 Å². The number of amides is 1. The number of aromatic nitrogens is 1. The Balaban J connectivity index is 0.00000208. The number of thiazole rings is 1. The molecule has 1 fully saturated rings. The van der Waals surface area contributed by atoms with E-state index in [1.807, 2.05) is 6.07 Å². The second-order valence-corrected chi connectivity index (χ2v) is 6.82. The van der Waals surface area contributed by atoms with Crippen molar-refractivity contribution in [2.45, 2.75) is 38.3 Å². The van der Waals surface area contributed by atoms with Gasteiger partial charge in [-0.1, -0.05) is 25.0 Å². The molecule has 130 valence electrons. The molecule has 0 aliphatic heterocycles. The molecule has 2 aromatic rings. The van der Waals surface area contributed by atoms with Crippen LogP contribution in [0.3, 0.4) is 0 Å². The SMILES string of the molecule is Cl.NCc1nc(C(=O)NC(c2cccc(F)c2)C2CCCC2)cs1. The third kappa shape index (κ3) is 4.32. The van der Waals surface area contributed by atoms with E-state index in [2.05, 4.69) is 10.3 Å². The fourth-order valence-electron chi connectivity index (χ4n) is 3.19. The van der Waals surface area contributed by atoms with Gasteiger partial charge in [0.15, 0.2) is 0 Å². The van der Waals surface area contributed by atoms with E-state index in [4.69, 9.17) is 5.73 Å². The molecule has 4 nitrogen and oxygen atoms in total. The molecule has 1 aliphatic rings. The normalized spacial score (nSPS) is 15.8. The van der Waals surface area contributed by atoms with E-state index in [1.165, 1.54) is 23.5 Å². The van der Waals surface area contributed by atoms with Crippen molar-refractivity contribution in [3.8, 4) is 0 Å². The first-order chi connectivity index (χ1) is 11.2. The summed E-state index contributed by atoms with van der Waals surface area (Å²) < 4.78 is 13.6. The molecular weight excluding hydrogens is 349 g/mol. The molecule has 24 heavy (non-hydrogen) atoms. The lowest BCUT2D eigenvalue weighted by molar-refractivity contribution is 0.0917. The van der Waals surface area contributed by atoms with Crippen LogP contribution in [0.25, 0.3) is 0 Å². The summed E-state index contributed by atoms with van der Waals surface area (Å²) in [6, 6.07) is 6.32. The highest BCUT2D eigenvalue weighted by Gasteiger charge is 2.28. The molecule has 1 amide bonds. The van der Waals surface area contributed by atoms with E-state index in [9.17, 15) is 9.18 Å². The Labute approximate surface area is 151 Å². The molecule has 1 aromatic heterocycles.